The zero-order valence-electron chi connectivity index (χ0n) is 11.8. The molecule has 1 aromatic rings. The van der Waals surface area contributed by atoms with E-state index in [1.807, 2.05) is 17.9 Å². The zero-order valence-corrected chi connectivity index (χ0v) is 11.8. The molecule has 2 fully saturated rings. The van der Waals surface area contributed by atoms with E-state index in [0.717, 1.165) is 56.2 Å². The Morgan fingerprint density at radius 2 is 2.25 bits per heavy atom. The second kappa shape index (κ2) is 5.26. The Balaban J connectivity index is 1.92. The molecule has 1 atom stereocenters. The van der Waals surface area contributed by atoms with Crippen LogP contribution in [0.3, 0.4) is 0 Å². The highest BCUT2D eigenvalue weighted by atomic mass is 16.1. The second-order valence-electron chi connectivity index (χ2n) is 5.53. The number of nitrogens with zero attached hydrogens (tertiary/aromatic N) is 3. The fourth-order valence-electron chi connectivity index (χ4n) is 2.73. The van der Waals surface area contributed by atoms with Gasteiger partial charge >= 0.3 is 0 Å². The third kappa shape index (κ3) is 2.55. The summed E-state index contributed by atoms with van der Waals surface area (Å²) in [6.07, 6.45) is 4.12. The summed E-state index contributed by atoms with van der Waals surface area (Å²) < 4.78 is 0. The monoisotopic (exact) mass is 275 g/mol. The molecule has 1 unspecified atom stereocenters. The summed E-state index contributed by atoms with van der Waals surface area (Å²) in [6.45, 7) is 3.70. The lowest BCUT2D eigenvalue weighted by Crippen LogP contribution is -2.40. The van der Waals surface area contributed by atoms with E-state index in [-0.39, 0.29) is 11.9 Å². The fourth-order valence-corrected chi connectivity index (χ4v) is 2.73. The molecule has 2 heterocycles. The molecule has 0 aromatic carbocycles. The standard InChI is InChI=1S/C14H21N5O/c1-2-16-11-8-12(18-14(17-11)9-5-6-9)19-7-3-4-10(19)13(15)20/h8-10H,2-7H2,1H3,(H2,15,20)(H,16,17,18). The number of primary amides is 1. The molecular formula is C14H21N5O. The molecule has 2 aliphatic rings. The summed E-state index contributed by atoms with van der Waals surface area (Å²) in [5, 5.41) is 3.24. The Morgan fingerprint density at radius 1 is 1.45 bits per heavy atom. The maximum Gasteiger partial charge on any atom is 0.240 e. The highest BCUT2D eigenvalue weighted by molar-refractivity contribution is 5.84. The summed E-state index contributed by atoms with van der Waals surface area (Å²) in [4.78, 5) is 22.8. The molecule has 3 N–H and O–H groups in total. The van der Waals surface area contributed by atoms with Crippen LogP contribution in [0.5, 0.6) is 0 Å². The highest BCUT2D eigenvalue weighted by Crippen LogP contribution is 2.39. The molecule has 0 bridgehead atoms. The van der Waals surface area contributed by atoms with Crippen LogP contribution in [-0.4, -0.2) is 35.0 Å². The highest BCUT2D eigenvalue weighted by Gasteiger charge is 2.32. The number of carbonyl (C=O) groups is 1. The molecule has 20 heavy (non-hydrogen) atoms. The van der Waals surface area contributed by atoms with Crippen molar-refractivity contribution in [3.8, 4) is 0 Å². The van der Waals surface area contributed by atoms with Gasteiger partial charge in [-0.2, -0.15) is 0 Å². The van der Waals surface area contributed by atoms with Crippen molar-refractivity contribution in [1.29, 1.82) is 0 Å². The van der Waals surface area contributed by atoms with Gasteiger partial charge in [-0.15, -0.1) is 0 Å². The number of amides is 1. The number of hydrogen-bond acceptors (Lipinski definition) is 5. The molecule has 1 aliphatic heterocycles. The summed E-state index contributed by atoms with van der Waals surface area (Å²) in [5.41, 5.74) is 5.49. The Labute approximate surface area is 118 Å². The van der Waals surface area contributed by atoms with E-state index in [1.54, 1.807) is 0 Å². The van der Waals surface area contributed by atoms with Crippen molar-refractivity contribution in [2.45, 2.75) is 44.6 Å². The number of rotatable bonds is 5. The predicted octanol–water partition coefficient (Wildman–Crippen LogP) is 1.24. The van der Waals surface area contributed by atoms with Crippen molar-refractivity contribution in [3.63, 3.8) is 0 Å². The molecule has 6 nitrogen and oxygen atoms in total. The van der Waals surface area contributed by atoms with E-state index in [1.165, 1.54) is 0 Å². The van der Waals surface area contributed by atoms with E-state index < -0.39 is 0 Å². The maximum atomic E-state index is 11.5. The number of nitrogens with two attached hydrogens (primary N) is 1. The van der Waals surface area contributed by atoms with Gasteiger partial charge in [-0.3, -0.25) is 4.79 Å². The van der Waals surface area contributed by atoms with Gasteiger partial charge in [0.2, 0.25) is 5.91 Å². The minimum Gasteiger partial charge on any atom is -0.370 e. The Kier molecular flexibility index (Phi) is 3.46. The van der Waals surface area contributed by atoms with Crippen LogP contribution in [0.25, 0.3) is 0 Å². The van der Waals surface area contributed by atoms with Gasteiger partial charge in [0.05, 0.1) is 0 Å². The predicted molar refractivity (Wildman–Crippen MR) is 77.7 cm³/mol. The van der Waals surface area contributed by atoms with Gasteiger partial charge in [0, 0.05) is 25.1 Å². The number of aromatic nitrogens is 2. The smallest absolute Gasteiger partial charge is 0.240 e. The topological polar surface area (TPSA) is 84.1 Å². The Bertz CT molecular complexity index is 514. The van der Waals surface area contributed by atoms with Gasteiger partial charge in [0.1, 0.15) is 23.5 Å². The molecule has 1 saturated heterocycles. The zero-order chi connectivity index (χ0) is 14.1. The number of anilines is 2. The second-order valence-corrected chi connectivity index (χ2v) is 5.53. The Morgan fingerprint density at radius 3 is 2.90 bits per heavy atom. The first-order chi connectivity index (χ1) is 9.69. The van der Waals surface area contributed by atoms with Crippen LogP contribution in [0.4, 0.5) is 11.6 Å². The minimum atomic E-state index is -0.265. The van der Waals surface area contributed by atoms with Crippen molar-refractivity contribution in [2.24, 2.45) is 5.73 Å². The summed E-state index contributed by atoms with van der Waals surface area (Å²) in [5.74, 6) is 2.79. The number of hydrogen-bond donors (Lipinski definition) is 2. The lowest BCUT2D eigenvalue weighted by atomic mass is 10.2. The van der Waals surface area contributed by atoms with Crippen LogP contribution in [0.15, 0.2) is 6.07 Å². The number of carbonyl (C=O) groups excluding carboxylic acids is 1. The first-order valence-corrected chi connectivity index (χ1v) is 7.38. The minimum absolute atomic E-state index is 0.230. The third-order valence-electron chi connectivity index (χ3n) is 3.91. The Hall–Kier alpha value is -1.85. The van der Waals surface area contributed by atoms with Crippen molar-refractivity contribution >= 4 is 17.5 Å². The lowest BCUT2D eigenvalue weighted by molar-refractivity contribution is -0.119. The third-order valence-corrected chi connectivity index (χ3v) is 3.91. The van der Waals surface area contributed by atoms with Crippen LogP contribution in [-0.2, 0) is 4.79 Å². The van der Waals surface area contributed by atoms with E-state index in [0.29, 0.717) is 5.92 Å². The van der Waals surface area contributed by atoms with E-state index in [2.05, 4.69) is 15.3 Å². The summed E-state index contributed by atoms with van der Waals surface area (Å²) in [6, 6.07) is 1.70. The van der Waals surface area contributed by atoms with Crippen molar-refractivity contribution in [1.82, 2.24) is 9.97 Å². The molecule has 108 valence electrons. The maximum absolute atomic E-state index is 11.5. The molecule has 1 aliphatic carbocycles. The molecular weight excluding hydrogens is 254 g/mol. The molecule has 6 heteroatoms. The summed E-state index contributed by atoms with van der Waals surface area (Å²) >= 11 is 0. The number of nitrogens with one attached hydrogen (secondary N) is 1. The fraction of sp³-hybridized carbons (Fsp3) is 0.643. The van der Waals surface area contributed by atoms with Crippen LogP contribution in [0.1, 0.15) is 44.3 Å². The first kappa shape index (κ1) is 13.1. The summed E-state index contributed by atoms with van der Waals surface area (Å²) in [7, 11) is 0. The normalized spacial score (nSPS) is 22.1. The average Bonchev–Trinajstić information content (AvgIpc) is 3.15. The molecule has 0 radical (unpaired) electrons. The SMILES string of the molecule is CCNc1cc(N2CCCC2C(N)=O)nc(C2CC2)n1. The van der Waals surface area contributed by atoms with E-state index in [9.17, 15) is 4.79 Å². The van der Waals surface area contributed by atoms with Crippen molar-refractivity contribution < 1.29 is 4.79 Å². The lowest BCUT2D eigenvalue weighted by Gasteiger charge is -2.24. The van der Waals surface area contributed by atoms with Gasteiger partial charge in [-0.05, 0) is 32.6 Å². The van der Waals surface area contributed by atoms with Crippen LogP contribution >= 0.6 is 0 Å². The van der Waals surface area contributed by atoms with Crippen LogP contribution < -0.4 is 16.0 Å². The molecule has 1 saturated carbocycles. The van der Waals surface area contributed by atoms with Gasteiger partial charge in [0.25, 0.3) is 0 Å². The van der Waals surface area contributed by atoms with E-state index in [4.69, 9.17) is 5.73 Å². The molecule has 1 amide bonds. The average molecular weight is 275 g/mol. The van der Waals surface area contributed by atoms with Crippen molar-refractivity contribution in [2.75, 3.05) is 23.3 Å². The first-order valence-electron chi connectivity index (χ1n) is 7.38. The van der Waals surface area contributed by atoms with Gasteiger partial charge in [-0.1, -0.05) is 0 Å². The largest absolute Gasteiger partial charge is 0.370 e. The molecule has 1 aromatic heterocycles. The van der Waals surface area contributed by atoms with Gasteiger partial charge < -0.3 is 16.0 Å². The van der Waals surface area contributed by atoms with Crippen molar-refractivity contribution in [3.05, 3.63) is 11.9 Å². The van der Waals surface area contributed by atoms with Crippen LogP contribution in [0.2, 0.25) is 0 Å². The van der Waals surface area contributed by atoms with Gasteiger partial charge in [0.15, 0.2) is 0 Å². The van der Waals surface area contributed by atoms with Crippen LogP contribution in [0, 0.1) is 0 Å². The van der Waals surface area contributed by atoms with E-state index >= 15 is 0 Å². The quantitative estimate of drug-likeness (QED) is 0.844. The molecule has 3 rings (SSSR count). The molecule has 0 spiro atoms. The van der Waals surface area contributed by atoms with Gasteiger partial charge in [-0.25, -0.2) is 9.97 Å².